The van der Waals surface area contributed by atoms with Crippen molar-refractivity contribution in [3.8, 4) is 11.5 Å². The van der Waals surface area contributed by atoms with Crippen LogP contribution in [0.15, 0.2) is 42.5 Å². The van der Waals surface area contributed by atoms with Crippen LogP contribution in [-0.4, -0.2) is 37.0 Å². The van der Waals surface area contributed by atoms with Crippen LogP contribution >= 0.6 is 11.6 Å². The van der Waals surface area contributed by atoms with Crippen LogP contribution in [0.2, 0.25) is 5.02 Å². The van der Waals surface area contributed by atoms with Crippen molar-refractivity contribution in [2.45, 2.75) is 0 Å². The van der Waals surface area contributed by atoms with Crippen LogP contribution in [0.4, 0.5) is 0 Å². The van der Waals surface area contributed by atoms with Crippen LogP contribution in [0.1, 0.15) is 20.7 Å². The second-order valence-electron chi connectivity index (χ2n) is 4.99. The average Bonchev–Trinajstić information content (AvgIpc) is 2.58. The zero-order chi connectivity index (χ0) is 16.2. The van der Waals surface area contributed by atoms with Crippen molar-refractivity contribution in [2.24, 2.45) is 0 Å². The highest BCUT2D eigenvalue weighted by atomic mass is 35.5. The van der Waals surface area contributed by atoms with E-state index in [9.17, 15) is 9.59 Å². The van der Waals surface area contributed by atoms with E-state index in [1.54, 1.807) is 42.5 Å². The molecule has 0 radical (unpaired) electrons. The summed E-state index contributed by atoms with van der Waals surface area (Å²) < 4.78 is 11.1. The van der Waals surface area contributed by atoms with Crippen LogP contribution in [0.5, 0.6) is 11.5 Å². The highest BCUT2D eigenvalue weighted by Crippen LogP contribution is 2.27. The molecule has 3 rings (SSSR count). The normalized spacial score (nSPS) is 13.3. The maximum absolute atomic E-state index is 12.4. The van der Waals surface area contributed by atoms with E-state index in [4.69, 9.17) is 21.1 Å². The number of hydrogen-bond donors (Lipinski definition) is 0. The van der Waals surface area contributed by atoms with Crippen molar-refractivity contribution in [2.75, 3.05) is 19.9 Å². The van der Waals surface area contributed by atoms with Crippen molar-refractivity contribution in [1.29, 1.82) is 0 Å². The van der Waals surface area contributed by atoms with Crippen molar-refractivity contribution in [3.63, 3.8) is 0 Å². The first-order valence-corrected chi connectivity index (χ1v) is 7.45. The zero-order valence-electron chi connectivity index (χ0n) is 12.2. The molecule has 1 heterocycles. The first kappa shape index (κ1) is 15.4. The second kappa shape index (κ2) is 6.71. The lowest BCUT2D eigenvalue weighted by atomic mass is 10.1. The number of rotatable bonds is 5. The van der Waals surface area contributed by atoms with Gasteiger partial charge in [0.2, 0.25) is 0 Å². The fourth-order valence-corrected chi connectivity index (χ4v) is 2.48. The molecule has 0 spiro atoms. The summed E-state index contributed by atoms with van der Waals surface area (Å²) in [6.45, 7) is 0.764. The number of halogens is 1. The van der Waals surface area contributed by atoms with Crippen molar-refractivity contribution in [1.82, 2.24) is 4.90 Å². The quantitative estimate of drug-likeness (QED) is 0.790. The topological polar surface area (TPSA) is 55.8 Å². The molecule has 5 nitrogen and oxygen atoms in total. The number of carbonyl (C=O) groups is 2. The van der Waals surface area contributed by atoms with E-state index in [1.807, 2.05) is 0 Å². The Morgan fingerprint density at radius 2 is 2.09 bits per heavy atom. The predicted molar refractivity (Wildman–Crippen MR) is 85.3 cm³/mol. The van der Waals surface area contributed by atoms with E-state index in [0.29, 0.717) is 34.2 Å². The van der Waals surface area contributed by atoms with Gasteiger partial charge in [0.1, 0.15) is 18.1 Å². The fraction of sp³-hybridized carbons (Fsp3) is 0.176. The first-order valence-electron chi connectivity index (χ1n) is 7.07. The zero-order valence-corrected chi connectivity index (χ0v) is 13.0. The molecular formula is C17H14ClNO4. The number of carbonyl (C=O) groups excluding carboxylic acids is 2. The number of fused-ring (bicyclic) bond motifs is 1. The SMILES string of the molecule is O=Cc1ccccc1OCCN1COc2ccc(Cl)cc2C1=O. The van der Waals surface area contributed by atoms with E-state index >= 15 is 0 Å². The van der Waals surface area contributed by atoms with E-state index in [0.717, 1.165) is 6.29 Å². The lowest BCUT2D eigenvalue weighted by Crippen LogP contribution is -2.41. The largest absolute Gasteiger partial charge is 0.491 e. The van der Waals surface area contributed by atoms with E-state index in [1.165, 1.54) is 4.90 Å². The third kappa shape index (κ3) is 3.29. The third-order valence-electron chi connectivity index (χ3n) is 3.50. The number of amides is 1. The molecular weight excluding hydrogens is 318 g/mol. The van der Waals surface area contributed by atoms with Gasteiger partial charge in [-0.1, -0.05) is 23.7 Å². The summed E-state index contributed by atoms with van der Waals surface area (Å²) >= 11 is 5.92. The number of hydrogen-bond acceptors (Lipinski definition) is 4. The molecule has 0 bridgehead atoms. The molecule has 2 aromatic carbocycles. The van der Waals surface area contributed by atoms with Gasteiger partial charge in [-0.2, -0.15) is 0 Å². The highest BCUT2D eigenvalue weighted by molar-refractivity contribution is 6.31. The number of ether oxygens (including phenoxy) is 2. The highest BCUT2D eigenvalue weighted by Gasteiger charge is 2.25. The maximum Gasteiger partial charge on any atom is 0.260 e. The minimum absolute atomic E-state index is 0.152. The summed E-state index contributed by atoms with van der Waals surface area (Å²) in [5.41, 5.74) is 0.919. The minimum Gasteiger partial charge on any atom is -0.491 e. The van der Waals surface area contributed by atoms with Gasteiger partial charge in [-0.15, -0.1) is 0 Å². The Morgan fingerprint density at radius 1 is 1.26 bits per heavy atom. The molecule has 0 aromatic heterocycles. The lowest BCUT2D eigenvalue weighted by molar-refractivity contribution is 0.0481. The molecule has 0 saturated carbocycles. The van der Waals surface area contributed by atoms with Crippen LogP contribution in [0, 0.1) is 0 Å². The van der Waals surface area contributed by atoms with Crippen molar-refractivity contribution >= 4 is 23.8 Å². The van der Waals surface area contributed by atoms with Gasteiger partial charge in [-0.3, -0.25) is 9.59 Å². The molecule has 1 aliphatic heterocycles. The summed E-state index contributed by atoms with van der Waals surface area (Å²) in [5.74, 6) is 0.875. The molecule has 0 aliphatic carbocycles. The molecule has 1 aliphatic rings. The maximum atomic E-state index is 12.4. The monoisotopic (exact) mass is 331 g/mol. The van der Waals surface area contributed by atoms with Crippen molar-refractivity contribution < 1.29 is 19.1 Å². The fourth-order valence-electron chi connectivity index (χ4n) is 2.31. The van der Waals surface area contributed by atoms with Gasteiger partial charge in [0.15, 0.2) is 13.0 Å². The Kier molecular flexibility index (Phi) is 4.48. The van der Waals surface area contributed by atoms with E-state index < -0.39 is 0 Å². The summed E-state index contributed by atoms with van der Waals surface area (Å²) in [6.07, 6.45) is 0.739. The molecule has 0 fully saturated rings. The van der Waals surface area contributed by atoms with Gasteiger partial charge < -0.3 is 14.4 Å². The Balaban J connectivity index is 1.63. The summed E-state index contributed by atoms with van der Waals surface area (Å²) in [7, 11) is 0. The standard InChI is InChI=1S/C17H14ClNO4/c18-13-5-6-16-14(9-13)17(21)19(11-23-16)7-8-22-15-4-2-1-3-12(15)10-20/h1-6,9-10H,7-8,11H2. The molecule has 2 aromatic rings. The third-order valence-corrected chi connectivity index (χ3v) is 3.73. The lowest BCUT2D eigenvalue weighted by Gasteiger charge is -2.28. The van der Waals surface area contributed by atoms with Crippen LogP contribution in [-0.2, 0) is 0 Å². The molecule has 0 N–H and O–H groups in total. The molecule has 118 valence electrons. The molecule has 1 amide bonds. The molecule has 0 saturated heterocycles. The van der Waals surface area contributed by atoms with Gasteiger partial charge >= 0.3 is 0 Å². The second-order valence-corrected chi connectivity index (χ2v) is 5.42. The first-order chi connectivity index (χ1) is 11.2. The van der Waals surface area contributed by atoms with Gasteiger partial charge in [-0.05, 0) is 30.3 Å². The number of benzene rings is 2. The smallest absolute Gasteiger partial charge is 0.260 e. The van der Waals surface area contributed by atoms with Crippen LogP contribution < -0.4 is 9.47 Å². The molecule has 6 heteroatoms. The Morgan fingerprint density at radius 3 is 2.91 bits per heavy atom. The molecule has 23 heavy (non-hydrogen) atoms. The van der Waals surface area contributed by atoms with Gasteiger partial charge in [-0.25, -0.2) is 0 Å². The molecule has 0 unspecified atom stereocenters. The molecule has 0 atom stereocenters. The predicted octanol–water partition coefficient (Wildman–Crippen LogP) is 3.02. The van der Waals surface area contributed by atoms with E-state index in [-0.39, 0.29) is 19.2 Å². The Bertz CT molecular complexity index is 747. The van der Waals surface area contributed by atoms with Crippen LogP contribution in [0.3, 0.4) is 0 Å². The van der Waals surface area contributed by atoms with Gasteiger partial charge in [0.25, 0.3) is 5.91 Å². The number of para-hydroxylation sites is 1. The Hall–Kier alpha value is -2.53. The van der Waals surface area contributed by atoms with Gasteiger partial charge in [0.05, 0.1) is 17.7 Å². The average molecular weight is 332 g/mol. The summed E-state index contributed by atoms with van der Waals surface area (Å²) in [5, 5.41) is 0.485. The van der Waals surface area contributed by atoms with Gasteiger partial charge in [0, 0.05) is 5.02 Å². The summed E-state index contributed by atoms with van der Waals surface area (Å²) in [4.78, 5) is 24.9. The van der Waals surface area contributed by atoms with E-state index in [2.05, 4.69) is 0 Å². The number of aldehydes is 1. The summed E-state index contributed by atoms with van der Waals surface area (Å²) in [6, 6.07) is 11.9. The Labute approximate surface area is 138 Å². The minimum atomic E-state index is -0.152. The number of nitrogens with zero attached hydrogens (tertiary/aromatic N) is 1. The van der Waals surface area contributed by atoms with Crippen LogP contribution in [0.25, 0.3) is 0 Å². The van der Waals surface area contributed by atoms with Crippen molar-refractivity contribution in [3.05, 3.63) is 58.6 Å².